The van der Waals surface area contributed by atoms with Gasteiger partial charge in [-0.2, -0.15) is 0 Å². The van der Waals surface area contributed by atoms with E-state index in [2.05, 4.69) is 5.32 Å². The molecule has 6 heteroatoms. The summed E-state index contributed by atoms with van der Waals surface area (Å²) in [5.41, 5.74) is -1.81. The lowest BCUT2D eigenvalue weighted by Crippen LogP contribution is -2.49. The second-order valence-electron chi connectivity index (χ2n) is 4.05. The summed E-state index contributed by atoms with van der Waals surface area (Å²) in [6, 6.07) is 2.86. The molecule has 0 aromatic heterocycles. The molecule has 1 aromatic carbocycles. The van der Waals surface area contributed by atoms with E-state index in [1.165, 1.54) is 13.8 Å². The summed E-state index contributed by atoms with van der Waals surface area (Å²) >= 11 is 0. The number of nitrogens with one attached hydrogen (secondary N) is 1. The number of rotatable bonds is 3. The smallest absolute Gasteiger partial charge is 0.328 e. The van der Waals surface area contributed by atoms with Gasteiger partial charge in [0.25, 0.3) is 5.91 Å². The average Bonchev–Trinajstić information content (AvgIpc) is 2.20. The topological polar surface area (TPSA) is 86.6 Å². The Morgan fingerprint density at radius 1 is 1.35 bits per heavy atom. The maximum atomic E-state index is 12.9. The highest BCUT2D eigenvalue weighted by Crippen LogP contribution is 2.18. The SMILES string of the molecule is CC(C)(NC(=O)c1cc(F)ccc1O)C(=O)O. The van der Waals surface area contributed by atoms with Crippen molar-refractivity contribution in [3.05, 3.63) is 29.6 Å². The fourth-order valence-corrected chi connectivity index (χ4v) is 1.09. The van der Waals surface area contributed by atoms with E-state index in [9.17, 15) is 19.1 Å². The third-order valence-electron chi connectivity index (χ3n) is 2.16. The van der Waals surface area contributed by atoms with Gasteiger partial charge in [0.15, 0.2) is 0 Å². The highest BCUT2D eigenvalue weighted by Gasteiger charge is 2.30. The first-order valence-corrected chi connectivity index (χ1v) is 4.78. The molecule has 92 valence electrons. The second-order valence-corrected chi connectivity index (χ2v) is 4.05. The van der Waals surface area contributed by atoms with Crippen molar-refractivity contribution in [2.24, 2.45) is 0 Å². The first-order valence-electron chi connectivity index (χ1n) is 4.78. The number of halogens is 1. The van der Waals surface area contributed by atoms with Crippen LogP contribution in [0, 0.1) is 5.82 Å². The molecule has 17 heavy (non-hydrogen) atoms. The number of benzene rings is 1. The summed E-state index contributed by atoms with van der Waals surface area (Å²) in [7, 11) is 0. The van der Waals surface area contributed by atoms with Gasteiger partial charge in [-0.05, 0) is 32.0 Å². The number of carbonyl (C=O) groups excluding carboxylic acids is 1. The standard InChI is InChI=1S/C11H12FNO4/c1-11(2,10(16)17)13-9(15)7-5-6(12)3-4-8(7)14/h3-5,14H,1-2H3,(H,13,15)(H,16,17). The molecule has 1 amide bonds. The van der Waals surface area contributed by atoms with E-state index >= 15 is 0 Å². The monoisotopic (exact) mass is 241 g/mol. The molecule has 0 spiro atoms. The van der Waals surface area contributed by atoms with Crippen LogP contribution in [0.15, 0.2) is 18.2 Å². The van der Waals surface area contributed by atoms with Gasteiger partial charge in [-0.15, -0.1) is 0 Å². The van der Waals surface area contributed by atoms with Crippen LogP contribution in [0.1, 0.15) is 24.2 Å². The van der Waals surface area contributed by atoms with E-state index in [1.807, 2.05) is 0 Å². The van der Waals surface area contributed by atoms with Crippen molar-refractivity contribution >= 4 is 11.9 Å². The molecule has 0 saturated heterocycles. The van der Waals surface area contributed by atoms with Crippen LogP contribution >= 0.6 is 0 Å². The number of phenolic OH excluding ortho intramolecular Hbond substituents is 1. The van der Waals surface area contributed by atoms with Crippen LogP contribution in [0.3, 0.4) is 0 Å². The van der Waals surface area contributed by atoms with Crippen molar-refractivity contribution in [3.63, 3.8) is 0 Å². The van der Waals surface area contributed by atoms with Gasteiger partial charge < -0.3 is 15.5 Å². The number of aromatic hydroxyl groups is 1. The predicted octanol–water partition coefficient (Wildman–Crippen LogP) is 1.12. The van der Waals surface area contributed by atoms with Gasteiger partial charge in [0.1, 0.15) is 17.1 Å². The Kier molecular flexibility index (Phi) is 3.36. The van der Waals surface area contributed by atoms with Crippen LogP contribution in [0.4, 0.5) is 4.39 Å². The molecule has 0 fully saturated rings. The van der Waals surface area contributed by atoms with Gasteiger partial charge in [-0.1, -0.05) is 0 Å². The Hall–Kier alpha value is -2.11. The number of hydrogen-bond acceptors (Lipinski definition) is 3. The van der Waals surface area contributed by atoms with Gasteiger partial charge in [-0.25, -0.2) is 9.18 Å². The molecule has 0 atom stereocenters. The summed E-state index contributed by atoms with van der Waals surface area (Å²) in [6.45, 7) is 2.56. The molecule has 0 radical (unpaired) electrons. The van der Waals surface area contributed by atoms with Crippen molar-refractivity contribution in [3.8, 4) is 5.75 Å². The van der Waals surface area contributed by atoms with Crippen LogP contribution in [-0.4, -0.2) is 27.6 Å². The van der Waals surface area contributed by atoms with Gasteiger partial charge in [0.2, 0.25) is 0 Å². The Bertz CT molecular complexity index is 471. The Morgan fingerprint density at radius 3 is 2.47 bits per heavy atom. The normalized spacial score (nSPS) is 11.0. The number of carbonyl (C=O) groups is 2. The molecule has 0 bridgehead atoms. The van der Waals surface area contributed by atoms with E-state index in [1.54, 1.807) is 0 Å². The van der Waals surface area contributed by atoms with Crippen LogP contribution in [0.5, 0.6) is 5.75 Å². The Balaban J connectivity index is 2.98. The predicted molar refractivity (Wildman–Crippen MR) is 57.2 cm³/mol. The average molecular weight is 241 g/mol. The summed E-state index contributed by atoms with van der Waals surface area (Å²) in [5, 5.41) is 20.4. The van der Waals surface area contributed by atoms with Gasteiger partial charge >= 0.3 is 5.97 Å². The quantitative estimate of drug-likeness (QED) is 0.740. The van der Waals surface area contributed by atoms with Crippen LogP contribution in [-0.2, 0) is 4.79 Å². The van der Waals surface area contributed by atoms with E-state index < -0.39 is 29.0 Å². The number of hydrogen-bond donors (Lipinski definition) is 3. The molecule has 0 heterocycles. The minimum Gasteiger partial charge on any atom is -0.507 e. The first kappa shape index (κ1) is 13.0. The van der Waals surface area contributed by atoms with E-state index in [-0.39, 0.29) is 5.56 Å². The van der Waals surface area contributed by atoms with Crippen molar-refractivity contribution < 1.29 is 24.2 Å². The molecule has 1 aromatic rings. The zero-order valence-corrected chi connectivity index (χ0v) is 9.32. The maximum absolute atomic E-state index is 12.9. The van der Waals surface area contributed by atoms with E-state index in [0.29, 0.717) is 0 Å². The highest BCUT2D eigenvalue weighted by atomic mass is 19.1. The lowest BCUT2D eigenvalue weighted by Gasteiger charge is -2.21. The van der Waals surface area contributed by atoms with Gasteiger partial charge in [0.05, 0.1) is 5.56 Å². The second kappa shape index (κ2) is 4.40. The van der Waals surface area contributed by atoms with Crippen molar-refractivity contribution in [1.29, 1.82) is 0 Å². The molecule has 0 aliphatic rings. The number of carboxylic acids is 1. The van der Waals surface area contributed by atoms with Crippen molar-refractivity contribution in [2.75, 3.05) is 0 Å². The van der Waals surface area contributed by atoms with Crippen LogP contribution in [0.2, 0.25) is 0 Å². The summed E-state index contributed by atoms with van der Waals surface area (Å²) in [5.74, 6) is -3.19. The third-order valence-corrected chi connectivity index (χ3v) is 2.16. The van der Waals surface area contributed by atoms with Crippen LogP contribution in [0.25, 0.3) is 0 Å². The molecule has 5 nitrogen and oxygen atoms in total. The first-order chi connectivity index (χ1) is 7.74. The Labute approximate surface area is 96.9 Å². The molecule has 3 N–H and O–H groups in total. The molecule has 0 aliphatic carbocycles. The fraction of sp³-hybridized carbons (Fsp3) is 0.273. The minimum absolute atomic E-state index is 0.306. The van der Waals surface area contributed by atoms with E-state index in [4.69, 9.17) is 5.11 Å². The van der Waals surface area contributed by atoms with Crippen molar-refractivity contribution in [2.45, 2.75) is 19.4 Å². The summed E-state index contributed by atoms with van der Waals surface area (Å²) in [6.07, 6.45) is 0. The maximum Gasteiger partial charge on any atom is 0.328 e. The fourth-order valence-electron chi connectivity index (χ4n) is 1.09. The van der Waals surface area contributed by atoms with Crippen molar-refractivity contribution in [1.82, 2.24) is 5.32 Å². The highest BCUT2D eigenvalue weighted by molar-refractivity contribution is 5.99. The molecule has 1 rings (SSSR count). The molecular formula is C11H12FNO4. The lowest BCUT2D eigenvalue weighted by atomic mass is 10.0. The third kappa shape index (κ3) is 2.93. The number of aliphatic carboxylic acids is 1. The molecule has 0 saturated carbocycles. The van der Waals surface area contributed by atoms with Crippen LogP contribution < -0.4 is 5.32 Å². The zero-order chi connectivity index (χ0) is 13.2. The number of amides is 1. The summed E-state index contributed by atoms with van der Waals surface area (Å²) < 4.78 is 12.9. The summed E-state index contributed by atoms with van der Waals surface area (Å²) in [4.78, 5) is 22.4. The number of phenols is 1. The lowest BCUT2D eigenvalue weighted by molar-refractivity contribution is -0.143. The zero-order valence-electron chi connectivity index (χ0n) is 9.32. The Morgan fingerprint density at radius 2 is 1.94 bits per heavy atom. The largest absolute Gasteiger partial charge is 0.507 e. The molecular weight excluding hydrogens is 229 g/mol. The minimum atomic E-state index is -1.50. The van der Waals surface area contributed by atoms with Gasteiger partial charge in [-0.3, -0.25) is 4.79 Å². The number of carboxylic acid groups (broad SMARTS) is 1. The molecule has 0 aliphatic heterocycles. The molecule has 0 unspecified atom stereocenters. The van der Waals surface area contributed by atoms with E-state index in [0.717, 1.165) is 18.2 Å². The van der Waals surface area contributed by atoms with Gasteiger partial charge in [0, 0.05) is 0 Å².